The molecule has 1 aliphatic rings. The molecule has 0 aliphatic carbocycles. The molecule has 2 heterocycles. The molecule has 1 amide bonds. The van der Waals surface area contributed by atoms with E-state index in [-0.39, 0.29) is 17.9 Å². The third-order valence-electron chi connectivity index (χ3n) is 6.69. The maximum Gasteiger partial charge on any atom is 0.295 e. The minimum atomic E-state index is -0.862. The highest BCUT2D eigenvalue weighted by atomic mass is 79.9. The molecule has 0 bridgehead atoms. The van der Waals surface area contributed by atoms with Crippen LogP contribution in [0.5, 0.6) is 11.5 Å². The number of carbonyl (C=O) groups is 2. The molecule has 1 aliphatic heterocycles. The van der Waals surface area contributed by atoms with Crippen molar-refractivity contribution in [2.75, 3.05) is 20.8 Å². The van der Waals surface area contributed by atoms with Crippen LogP contribution in [0, 0.1) is 0 Å². The fraction of sp³-hybridized carbons (Fsp3) is 0.172. The predicted molar refractivity (Wildman–Crippen MR) is 145 cm³/mol. The van der Waals surface area contributed by atoms with Gasteiger partial charge in [-0.25, -0.2) is 0 Å². The Bertz CT molecular complexity index is 1520. The number of fused-ring (bicyclic) bond motifs is 1. The number of aliphatic hydroxyl groups excluding tert-OH is 1. The summed E-state index contributed by atoms with van der Waals surface area (Å²) in [6, 6.07) is 19.2. The largest absolute Gasteiger partial charge is 0.507 e. The summed E-state index contributed by atoms with van der Waals surface area (Å²) in [5, 5.41) is 12.4. The normalized spacial score (nSPS) is 16.9. The van der Waals surface area contributed by atoms with Crippen molar-refractivity contribution in [3.63, 3.8) is 0 Å². The number of H-pyrrole nitrogens is 1. The molecule has 8 heteroatoms. The van der Waals surface area contributed by atoms with E-state index in [4.69, 9.17) is 9.47 Å². The first-order chi connectivity index (χ1) is 17.9. The summed E-state index contributed by atoms with van der Waals surface area (Å²) in [5.74, 6) is -0.633. The van der Waals surface area contributed by atoms with Crippen molar-refractivity contribution in [2.24, 2.45) is 0 Å². The number of amides is 1. The van der Waals surface area contributed by atoms with Gasteiger partial charge in [-0.2, -0.15) is 0 Å². The number of hydrogen-bond donors (Lipinski definition) is 2. The molecular weight excluding hydrogens is 536 g/mol. The summed E-state index contributed by atoms with van der Waals surface area (Å²) in [4.78, 5) is 31.6. The lowest BCUT2D eigenvalue weighted by molar-refractivity contribution is -0.139. The van der Waals surface area contributed by atoms with Crippen LogP contribution in [0.25, 0.3) is 16.7 Å². The Morgan fingerprint density at radius 2 is 1.78 bits per heavy atom. The maximum absolute atomic E-state index is 13.4. The molecule has 0 saturated carbocycles. The third-order valence-corrected chi connectivity index (χ3v) is 7.21. The van der Waals surface area contributed by atoms with E-state index < -0.39 is 17.7 Å². The minimum absolute atomic E-state index is 0.0119. The average molecular weight is 561 g/mol. The molecule has 3 aromatic carbocycles. The monoisotopic (exact) mass is 560 g/mol. The highest BCUT2D eigenvalue weighted by molar-refractivity contribution is 9.10. The minimum Gasteiger partial charge on any atom is -0.507 e. The summed E-state index contributed by atoms with van der Waals surface area (Å²) in [6.07, 6.45) is 2.43. The molecule has 5 rings (SSSR count). The van der Waals surface area contributed by atoms with Crippen molar-refractivity contribution in [3.05, 3.63) is 99.7 Å². The Morgan fingerprint density at radius 1 is 1.03 bits per heavy atom. The molecule has 2 N–H and O–H groups in total. The SMILES string of the molecule is COc1ccc(OC)c([C@H]2C(=C(O)c3ccc(Br)cc3)C(=O)C(=O)N2CCc2c[nH]c3ccccc23)c1. The highest BCUT2D eigenvalue weighted by Gasteiger charge is 2.47. The summed E-state index contributed by atoms with van der Waals surface area (Å²) in [5.41, 5.74) is 3.03. The summed E-state index contributed by atoms with van der Waals surface area (Å²) >= 11 is 3.39. The van der Waals surface area contributed by atoms with Gasteiger partial charge in [-0.05, 0) is 48.4 Å². The Labute approximate surface area is 222 Å². The zero-order valence-corrected chi connectivity index (χ0v) is 21.9. The Balaban J connectivity index is 1.63. The summed E-state index contributed by atoms with van der Waals surface area (Å²) in [6.45, 7) is 0.259. The second-order valence-electron chi connectivity index (χ2n) is 8.72. The molecule has 7 nitrogen and oxygen atoms in total. The van der Waals surface area contributed by atoms with Gasteiger partial charge < -0.3 is 24.5 Å². The number of aromatic amines is 1. The second-order valence-corrected chi connectivity index (χ2v) is 9.63. The number of rotatable bonds is 7. The highest BCUT2D eigenvalue weighted by Crippen LogP contribution is 2.44. The zero-order chi connectivity index (χ0) is 26.1. The van der Waals surface area contributed by atoms with Crippen molar-refractivity contribution < 1.29 is 24.2 Å². The maximum atomic E-state index is 13.4. The van der Waals surface area contributed by atoms with Crippen LogP contribution in [-0.4, -0.2) is 47.4 Å². The van der Waals surface area contributed by atoms with E-state index in [2.05, 4.69) is 20.9 Å². The number of ketones is 1. The molecule has 188 valence electrons. The first-order valence-corrected chi connectivity index (χ1v) is 12.5. The number of nitrogens with one attached hydrogen (secondary N) is 1. The summed E-state index contributed by atoms with van der Waals surface area (Å²) < 4.78 is 11.9. The molecule has 0 unspecified atom stereocenters. The zero-order valence-electron chi connectivity index (χ0n) is 20.3. The lowest BCUT2D eigenvalue weighted by Crippen LogP contribution is -2.31. The van der Waals surface area contributed by atoms with Gasteiger partial charge in [0, 0.05) is 39.2 Å². The van der Waals surface area contributed by atoms with Crippen LogP contribution in [-0.2, 0) is 16.0 Å². The first-order valence-electron chi connectivity index (χ1n) is 11.7. The van der Waals surface area contributed by atoms with E-state index in [9.17, 15) is 14.7 Å². The van der Waals surface area contributed by atoms with Crippen LogP contribution in [0.2, 0.25) is 0 Å². The average Bonchev–Trinajstić information content (AvgIpc) is 3.45. The molecule has 1 atom stereocenters. The fourth-order valence-electron chi connectivity index (χ4n) is 4.83. The van der Waals surface area contributed by atoms with Gasteiger partial charge in [-0.1, -0.05) is 46.3 Å². The van der Waals surface area contributed by atoms with Crippen molar-refractivity contribution in [1.29, 1.82) is 0 Å². The number of carbonyl (C=O) groups excluding carboxylic acids is 2. The van der Waals surface area contributed by atoms with Crippen molar-refractivity contribution in [2.45, 2.75) is 12.5 Å². The molecule has 0 spiro atoms. The number of halogens is 1. The summed E-state index contributed by atoms with van der Waals surface area (Å²) in [7, 11) is 3.07. The molecular formula is C29H25BrN2O5. The van der Waals surface area contributed by atoms with Crippen molar-refractivity contribution in [3.8, 4) is 11.5 Å². The number of Topliss-reactive ketones (excluding diaryl/α,β-unsaturated/α-hetero) is 1. The number of aromatic nitrogens is 1. The number of para-hydroxylation sites is 1. The Hall–Kier alpha value is -4.04. The molecule has 1 saturated heterocycles. The number of benzene rings is 3. The molecule has 1 fully saturated rings. The van der Waals surface area contributed by atoms with Crippen LogP contribution in [0.15, 0.2) is 83.0 Å². The van der Waals surface area contributed by atoms with Gasteiger partial charge in [-0.3, -0.25) is 9.59 Å². The fourth-order valence-corrected chi connectivity index (χ4v) is 5.09. The Morgan fingerprint density at radius 3 is 2.51 bits per heavy atom. The number of nitrogens with zero attached hydrogens (tertiary/aromatic N) is 1. The standard InChI is InChI=1S/C29H25BrN2O5/c1-36-20-11-12-24(37-2)22(15-20)26-25(27(33)17-7-9-19(30)10-8-17)28(34)29(35)32(26)14-13-18-16-31-23-6-4-3-5-21(18)23/h3-12,15-16,26,31,33H,13-14H2,1-2H3/t26-/m0/s1. The van der Waals surface area contributed by atoms with Crippen LogP contribution < -0.4 is 9.47 Å². The van der Waals surface area contributed by atoms with Gasteiger partial charge in [0.05, 0.1) is 25.8 Å². The van der Waals surface area contributed by atoms with Gasteiger partial charge >= 0.3 is 0 Å². The van der Waals surface area contributed by atoms with E-state index in [0.29, 0.717) is 29.0 Å². The molecule has 4 aromatic rings. The van der Waals surface area contributed by atoms with E-state index >= 15 is 0 Å². The topological polar surface area (TPSA) is 91.9 Å². The lowest BCUT2D eigenvalue weighted by atomic mass is 9.94. The van der Waals surface area contributed by atoms with Crippen LogP contribution >= 0.6 is 15.9 Å². The number of aliphatic hydroxyl groups is 1. The number of likely N-dealkylation sites (tertiary alicyclic amines) is 1. The number of methoxy groups -OCH3 is 2. The molecule has 1 aromatic heterocycles. The molecule has 0 radical (unpaired) electrons. The predicted octanol–water partition coefficient (Wildman–Crippen LogP) is 5.61. The quantitative estimate of drug-likeness (QED) is 0.174. The van der Waals surface area contributed by atoms with Crippen molar-refractivity contribution >= 4 is 44.3 Å². The van der Waals surface area contributed by atoms with Gasteiger partial charge in [0.15, 0.2) is 0 Å². The Kier molecular flexibility index (Phi) is 6.76. The van der Waals surface area contributed by atoms with Gasteiger partial charge in [0.1, 0.15) is 17.3 Å². The van der Waals surface area contributed by atoms with Crippen LogP contribution in [0.4, 0.5) is 0 Å². The van der Waals surface area contributed by atoms with E-state index in [1.165, 1.54) is 12.0 Å². The van der Waals surface area contributed by atoms with Gasteiger partial charge in [0.2, 0.25) is 0 Å². The lowest BCUT2D eigenvalue weighted by Gasteiger charge is -2.27. The second kappa shape index (κ2) is 10.1. The van der Waals surface area contributed by atoms with Crippen LogP contribution in [0.3, 0.4) is 0 Å². The van der Waals surface area contributed by atoms with Crippen molar-refractivity contribution in [1.82, 2.24) is 9.88 Å². The van der Waals surface area contributed by atoms with Crippen LogP contribution in [0.1, 0.15) is 22.7 Å². The first kappa shape index (κ1) is 24.6. The van der Waals surface area contributed by atoms with E-state index in [1.54, 1.807) is 49.6 Å². The van der Waals surface area contributed by atoms with Gasteiger partial charge in [-0.15, -0.1) is 0 Å². The van der Waals surface area contributed by atoms with Gasteiger partial charge in [0.25, 0.3) is 11.7 Å². The molecule has 37 heavy (non-hydrogen) atoms. The number of hydrogen-bond acceptors (Lipinski definition) is 5. The van der Waals surface area contributed by atoms with E-state index in [1.807, 2.05) is 30.5 Å². The number of ether oxygens (including phenoxy) is 2. The third kappa shape index (κ3) is 4.49. The smallest absolute Gasteiger partial charge is 0.295 e. The van der Waals surface area contributed by atoms with E-state index in [0.717, 1.165) is 20.9 Å².